The van der Waals surface area contributed by atoms with E-state index in [9.17, 15) is 0 Å². The quantitative estimate of drug-likeness (QED) is 0.140. The molecule has 0 saturated heterocycles. The van der Waals surface area contributed by atoms with E-state index >= 15 is 0 Å². The van der Waals surface area contributed by atoms with E-state index in [0.717, 1.165) is 45.0 Å². The van der Waals surface area contributed by atoms with Crippen molar-refractivity contribution in [2.45, 2.75) is 12.3 Å². The molecule has 0 fully saturated rings. The molecule has 0 radical (unpaired) electrons. The van der Waals surface area contributed by atoms with Crippen molar-refractivity contribution < 1.29 is 0 Å². The fourth-order valence-electron chi connectivity index (χ4n) is 12.3. The molecule has 0 spiro atoms. The van der Waals surface area contributed by atoms with Gasteiger partial charge in [-0.15, -0.1) is 0 Å². The van der Waals surface area contributed by atoms with Gasteiger partial charge in [-0.05, 0) is 127 Å². The standard InChI is InChI=1S/C72H50N2/c1-72(53-28-7-3-8-29-53)64-40-15-11-36-63(64)71-62(39-22-41-65(71)72)59-35-14-18-44-68(59)74(67-43-17-13-34-58(67)61-38-21-26-50-25-20-37-56(70(50)61)49-23-5-2-6-24-49)55-32-19-27-51(47-55)52-45-46-60-57-33-12-16-42-66(57)73(69(60)48-52)54-30-9-4-10-31-54/h2-48H,1H3. The molecule has 0 bridgehead atoms. The highest BCUT2D eigenvalue weighted by Gasteiger charge is 2.42. The van der Waals surface area contributed by atoms with Crippen molar-refractivity contribution >= 4 is 49.6 Å². The predicted molar refractivity (Wildman–Crippen MR) is 312 cm³/mol. The molecule has 13 aromatic rings. The lowest BCUT2D eigenvalue weighted by Crippen LogP contribution is -2.22. The first-order chi connectivity index (χ1) is 36.6. The van der Waals surface area contributed by atoms with Crippen LogP contribution in [-0.4, -0.2) is 4.57 Å². The molecule has 1 unspecified atom stereocenters. The fourth-order valence-corrected chi connectivity index (χ4v) is 12.3. The topological polar surface area (TPSA) is 8.17 Å². The Bertz CT molecular complexity index is 4260. The van der Waals surface area contributed by atoms with Gasteiger partial charge in [0, 0.05) is 38.7 Å². The van der Waals surface area contributed by atoms with Crippen LogP contribution in [0.1, 0.15) is 23.6 Å². The summed E-state index contributed by atoms with van der Waals surface area (Å²) >= 11 is 0. The maximum absolute atomic E-state index is 2.52. The number of hydrogen-bond donors (Lipinski definition) is 0. The molecule has 1 aromatic heterocycles. The average Bonchev–Trinajstić information content (AvgIpc) is 4.00. The van der Waals surface area contributed by atoms with E-state index in [-0.39, 0.29) is 5.41 Å². The van der Waals surface area contributed by atoms with Gasteiger partial charge in [-0.25, -0.2) is 0 Å². The van der Waals surface area contributed by atoms with Crippen LogP contribution in [0.5, 0.6) is 0 Å². The van der Waals surface area contributed by atoms with Gasteiger partial charge in [0.25, 0.3) is 0 Å². The number of rotatable bonds is 9. The molecule has 0 saturated carbocycles. The van der Waals surface area contributed by atoms with Gasteiger partial charge in [0.1, 0.15) is 0 Å². The Balaban J connectivity index is 1.02. The lowest BCUT2D eigenvalue weighted by molar-refractivity contribution is 0.714. The first-order valence-corrected chi connectivity index (χ1v) is 25.7. The normalized spacial score (nSPS) is 13.8. The number of para-hydroxylation sites is 4. The Morgan fingerprint density at radius 2 is 0.865 bits per heavy atom. The van der Waals surface area contributed by atoms with Crippen LogP contribution in [0, 0.1) is 0 Å². The van der Waals surface area contributed by atoms with Gasteiger partial charge in [0.15, 0.2) is 0 Å². The largest absolute Gasteiger partial charge is 0.309 e. The van der Waals surface area contributed by atoms with Crippen LogP contribution in [-0.2, 0) is 5.41 Å². The minimum absolute atomic E-state index is 0.336. The second kappa shape index (κ2) is 17.7. The minimum atomic E-state index is -0.336. The zero-order valence-electron chi connectivity index (χ0n) is 41.0. The van der Waals surface area contributed by atoms with Crippen LogP contribution in [0.4, 0.5) is 17.1 Å². The summed E-state index contributed by atoms with van der Waals surface area (Å²) in [5.74, 6) is 0. The molecule has 2 heteroatoms. The maximum Gasteiger partial charge on any atom is 0.0547 e. The zero-order chi connectivity index (χ0) is 49.2. The summed E-state index contributed by atoms with van der Waals surface area (Å²) in [5.41, 5.74) is 22.3. The average molecular weight is 943 g/mol. The Hall–Kier alpha value is -9.50. The molecule has 1 atom stereocenters. The second-order valence-corrected chi connectivity index (χ2v) is 19.7. The number of nitrogens with zero attached hydrogens (tertiary/aromatic N) is 2. The predicted octanol–water partition coefficient (Wildman–Crippen LogP) is 19.4. The van der Waals surface area contributed by atoms with Gasteiger partial charge >= 0.3 is 0 Å². The summed E-state index contributed by atoms with van der Waals surface area (Å²) in [6, 6.07) is 105. The summed E-state index contributed by atoms with van der Waals surface area (Å²) in [6.45, 7) is 2.40. The van der Waals surface area contributed by atoms with Crippen LogP contribution >= 0.6 is 0 Å². The summed E-state index contributed by atoms with van der Waals surface area (Å²) in [7, 11) is 0. The number of benzene rings is 12. The monoisotopic (exact) mass is 942 g/mol. The maximum atomic E-state index is 2.52. The molecule has 74 heavy (non-hydrogen) atoms. The molecule has 1 aliphatic rings. The lowest BCUT2D eigenvalue weighted by Gasteiger charge is -2.31. The van der Waals surface area contributed by atoms with Gasteiger partial charge in [-0.3, -0.25) is 0 Å². The van der Waals surface area contributed by atoms with Gasteiger partial charge in [0.2, 0.25) is 0 Å². The molecule has 0 aliphatic heterocycles. The number of anilines is 3. The van der Waals surface area contributed by atoms with Gasteiger partial charge < -0.3 is 9.47 Å². The highest BCUT2D eigenvalue weighted by atomic mass is 15.1. The van der Waals surface area contributed by atoms with E-state index in [0.29, 0.717) is 0 Å². The first kappa shape index (κ1) is 43.3. The van der Waals surface area contributed by atoms with Gasteiger partial charge in [-0.1, -0.05) is 237 Å². The van der Waals surface area contributed by atoms with Crippen molar-refractivity contribution in [3.8, 4) is 61.3 Å². The van der Waals surface area contributed by atoms with E-state index in [4.69, 9.17) is 0 Å². The zero-order valence-corrected chi connectivity index (χ0v) is 41.0. The van der Waals surface area contributed by atoms with Crippen LogP contribution in [0.15, 0.2) is 285 Å². The number of fused-ring (bicyclic) bond motifs is 7. The number of hydrogen-bond acceptors (Lipinski definition) is 1. The first-order valence-electron chi connectivity index (χ1n) is 25.7. The molecule has 1 heterocycles. The Labute approximate surface area is 432 Å². The van der Waals surface area contributed by atoms with Crippen molar-refractivity contribution in [2.24, 2.45) is 0 Å². The third kappa shape index (κ3) is 6.87. The molecular formula is C72H50N2. The molecular weight excluding hydrogens is 893 g/mol. The lowest BCUT2D eigenvalue weighted by atomic mass is 9.74. The molecule has 0 amide bonds. The SMILES string of the molecule is CC1(c2ccccc2)c2ccccc2-c2c(-c3ccccc3N(c3cccc(-c4ccc5c6ccccc6n(-c6ccccc6)c5c4)c3)c3ccccc3-c3cccc4cccc(-c5ccccc5)c34)cccc21. The summed E-state index contributed by atoms with van der Waals surface area (Å²) < 4.78 is 2.41. The van der Waals surface area contributed by atoms with E-state index < -0.39 is 0 Å². The van der Waals surface area contributed by atoms with Crippen molar-refractivity contribution in [3.05, 3.63) is 302 Å². The molecule has 0 N–H and O–H groups in total. The van der Waals surface area contributed by atoms with E-state index in [1.54, 1.807) is 0 Å². The minimum Gasteiger partial charge on any atom is -0.309 e. The van der Waals surface area contributed by atoms with Gasteiger partial charge in [-0.2, -0.15) is 0 Å². The smallest absolute Gasteiger partial charge is 0.0547 e. The number of aromatic nitrogens is 1. The van der Waals surface area contributed by atoms with Crippen LogP contribution < -0.4 is 4.90 Å². The second-order valence-electron chi connectivity index (χ2n) is 19.7. The molecule has 14 rings (SSSR count). The molecule has 12 aromatic carbocycles. The van der Waals surface area contributed by atoms with Crippen molar-refractivity contribution in [1.29, 1.82) is 0 Å². The van der Waals surface area contributed by atoms with Crippen LogP contribution in [0.2, 0.25) is 0 Å². The third-order valence-corrected chi connectivity index (χ3v) is 15.7. The summed E-state index contributed by atoms with van der Waals surface area (Å²) in [4.78, 5) is 2.52. The van der Waals surface area contributed by atoms with Gasteiger partial charge in [0.05, 0.1) is 22.4 Å². The molecule has 1 aliphatic carbocycles. The highest BCUT2D eigenvalue weighted by Crippen LogP contribution is 2.57. The van der Waals surface area contributed by atoms with Crippen molar-refractivity contribution in [1.82, 2.24) is 4.57 Å². The summed E-state index contributed by atoms with van der Waals surface area (Å²) in [5, 5.41) is 4.92. The third-order valence-electron chi connectivity index (χ3n) is 15.7. The van der Waals surface area contributed by atoms with Crippen LogP contribution in [0.25, 0.3) is 93.9 Å². The Morgan fingerprint density at radius 1 is 0.338 bits per heavy atom. The van der Waals surface area contributed by atoms with E-state index in [1.165, 1.54) is 82.6 Å². The van der Waals surface area contributed by atoms with E-state index in [1.807, 2.05) is 0 Å². The highest BCUT2D eigenvalue weighted by molar-refractivity contribution is 6.11. The summed E-state index contributed by atoms with van der Waals surface area (Å²) in [6.07, 6.45) is 0. The molecule has 2 nitrogen and oxygen atoms in total. The Morgan fingerprint density at radius 3 is 1.64 bits per heavy atom. The fraction of sp³-hybridized carbons (Fsp3) is 0.0278. The van der Waals surface area contributed by atoms with Crippen LogP contribution in [0.3, 0.4) is 0 Å². The van der Waals surface area contributed by atoms with Crippen molar-refractivity contribution in [3.63, 3.8) is 0 Å². The Kier molecular flexibility index (Phi) is 10.3. The van der Waals surface area contributed by atoms with Crippen molar-refractivity contribution in [2.75, 3.05) is 4.90 Å². The van der Waals surface area contributed by atoms with E-state index in [2.05, 4.69) is 302 Å². The molecule has 348 valence electrons.